The number of carbonyl (C=O) groups excluding carboxylic acids is 1. The van der Waals surface area contributed by atoms with E-state index in [1.54, 1.807) is 11.3 Å². The largest absolute Gasteiger partial charge is 0.492 e. The topological polar surface area (TPSA) is 79.0 Å². The summed E-state index contributed by atoms with van der Waals surface area (Å²) in [4.78, 5) is 18.2. The molecule has 1 N–H and O–H groups in total. The molecule has 0 saturated carbocycles. The van der Waals surface area contributed by atoms with Crippen molar-refractivity contribution in [3.05, 3.63) is 83.9 Å². The van der Waals surface area contributed by atoms with E-state index in [-0.39, 0.29) is 24.0 Å². The van der Waals surface area contributed by atoms with Gasteiger partial charge in [0.05, 0.1) is 18.1 Å². The third-order valence-corrected chi connectivity index (χ3v) is 11.0. The number of benzene rings is 3. The number of rotatable bonds is 10. The molecule has 2 saturated heterocycles. The molecule has 1 amide bonds. The number of fused-ring (bicyclic) bond motifs is 1. The van der Waals surface area contributed by atoms with E-state index in [0.29, 0.717) is 13.1 Å². The quantitative estimate of drug-likeness (QED) is 0.265. The molecule has 9 heteroatoms. The molecule has 4 aromatic rings. The number of ether oxygens (including phenoxy) is 1. The van der Waals surface area contributed by atoms with Crippen LogP contribution in [0.4, 0.5) is 5.69 Å². The van der Waals surface area contributed by atoms with Gasteiger partial charge in [0.1, 0.15) is 12.4 Å². The Balaban J connectivity index is 1.12. The Morgan fingerprint density at radius 3 is 2.31 bits per heavy atom. The zero-order valence-corrected chi connectivity index (χ0v) is 25.4. The van der Waals surface area contributed by atoms with Gasteiger partial charge in [-0.1, -0.05) is 42.5 Å². The monoisotopic (exact) mass is 603 g/mol. The van der Waals surface area contributed by atoms with Gasteiger partial charge in [0, 0.05) is 34.9 Å². The minimum Gasteiger partial charge on any atom is -0.492 e. The van der Waals surface area contributed by atoms with Crippen molar-refractivity contribution in [2.75, 3.05) is 62.7 Å². The van der Waals surface area contributed by atoms with E-state index in [9.17, 15) is 13.2 Å². The summed E-state index contributed by atoms with van der Waals surface area (Å²) >= 11 is 1.79. The Bertz CT molecular complexity index is 1610. The van der Waals surface area contributed by atoms with Gasteiger partial charge in [-0.25, -0.2) is 8.42 Å². The van der Waals surface area contributed by atoms with Crippen LogP contribution in [0, 0.1) is 0 Å². The number of amides is 1. The van der Waals surface area contributed by atoms with Crippen molar-refractivity contribution in [1.82, 2.24) is 9.80 Å². The minimum absolute atomic E-state index is 0.114. The molecule has 42 heavy (non-hydrogen) atoms. The Morgan fingerprint density at radius 1 is 0.857 bits per heavy atom. The summed E-state index contributed by atoms with van der Waals surface area (Å²) in [6.07, 6.45) is 3.41. The van der Waals surface area contributed by atoms with Gasteiger partial charge in [-0.2, -0.15) is 0 Å². The Hall–Kier alpha value is -3.24. The highest BCUT2D eigenvalue weighted by molar-refractivity contribution is 7.91. The lowest BCUT2D eigenvalue weighted by Gasteiger charge is -2.25. The molecule has 0 aliphatic carbocycles. The maximum Gasteiger partial charge on any atom is 0.238 e. The highest BCUT2D eigenvalue weighted by Gasteiger charge is 2.23. The second kappa shape index (κ2) is 13.0. The van der Waals surface area contributed by atoms with Crippen LogP contribution in [0.5, 0.6) is 5.75 Å². The van der Waals surface area contributed by atoms with Crippen molar-refractivity contribution in [3.8, 4) is 16.2 Å². The summed E-state index contributed by atoms with van der Waals surface area (Å²) in [5.74, 6) is 1.01. The molecule has 6 rings (SSSR count). The Morgan fingerprint density at radius 2 is 1.57 bits per heavy atom. The lowest BCUT2D eigenvalue weighted by molar-refractivity contribution is -0.117. The van der Waals surface area contributed by atoms with Gasteiger partial charge in [0.25, 0.3) is 0 Å². The van der Waals surface area contributed by atoms with Crippen LogP contribution in [0.1, 0.15) is 24.0 Å². The van der Waals surface area contributed by atoms with E-state index in [1.165, 1.54) is 52.0 Å². The van der Waals surface area contributed by atoms with Crippen molar-refractivity contribution in [1.29, 1.82) is 0 Å². The zero-order valence-electron chi connectivity index (χ0n) is 23.8. The van der Waals surface area contributed by atoms with Crippen LogP contribution in [0.2, 0.25) is 0 Å². The number of likely N-dealkylation sites (tertiary alicyclic amines) is 1. The predicted molar refractivity (Wildman–Crippen MR) is 171 cm³/mol. The summed E-state index contributed by atoms with van der Waals surface area (Å²) in [5, 5.41) is 4.23. The highest BCUT2D eigenvalue weighted by Crippen LogP contribution is 2.40. The molecule has 0 atom stereocenters. The number of hydrogen-bond donors (Lipinski definition) is 1. The number of nitrogens with zero attached hydrogens (tertiary/aromatic N) is 2. The van der Waals surface area contributed by atoms with Gasteiger partial charge in [0.15, 0.2) is 9.84 Å². The van der Waals surface area contributed by atoms with Gasteiger partial charge in [-0.15, -0.1) is 11.3 Å². The average Bonchev–Trinajstić information content (AvgIpc) is 3.64. The first kappa shape index (κ1) is 28.9. The van der Waals surface area contributed by atoms with E-state index in [2.05, 4.69) is 70.9 Å². The lowest BCUT2D eigenvalue weighted by atomic mass is 9.99. The maximum absolute atomic E-state index is 12.6. The second-order valence-corrected chi connectivity index (χ2v) is 14.5. The zero-order chi connectivity index (χ0) is 28.9. The molecule has 1 aromatic heterocycles. The van der Waals surface area contributed by atoms with Gasteiger partial charge >= 0.3 is 0 Å². The van der Waals surface area contributed by atoms with Crippen LogP contribution >= 0.6 is 11.3 Å². The van der Waals surface area contributed by atoms with Gasteiger partial charge in [-0.05, 0) is 84.8 Å². The molecule has 0 spiro atoms. The van der Waals surface area contributed by atoms with Gasteiger partial charge in [0.2, 0.25) is 5.91 Å². The first-order valence-corrected chi connectivity index (χ1v) is 17.3. The molecule has 3 heterocycles. The van der Waals surface area contributed by atoms with Crippen LogP contribution < -0.4 is 10.1 Å². The number of anilines is 1. The fourth-order valence-corrected chi connectivity index (χ4v) is 8.23. The van der Waals surface area contributed by atoms with Crippen LogP contribution in [0.15, 0.2) is 72.8 Å². The normalized spacial score (nSPS) is 17.4. The molecule has 0 radical (unpaired) electrons. The SMILES string of the molecule is O=C(CN1CCS(=O)(=O)CC1)Nc1ccc(-c2sc3ccccc3c2Cc2ccc(OCCN3CCCC3)cc2)cc1. The summed E-state index contributed by atoms with van der Waals surface area (Å²) in [6.45, 7) is 5.07. The third kappa shape index (κ3) is 7.21. The van der Waals surface area contributed by atoms with Crippen LogP contribution in [0.3, 0.4) is 0 Å². The summed E-state index contributed by atoms with van der Waals surface area (Å²) in [5.41, 5.74) is 4.39. The molecule has 7 nitrogen and oxygen atoms in total. The van der Waals surface area contributed by atoms with Gasteiger partial charge in [-0.3, -0.25) is 14.6 Å². The fourth-order valence-electron chi connectivity index (χ4n) is 5.73. The molecular formula is C33H37N3O4S2. The van der Waals surface area contributed by atoms with Crippen molar-refractivity contribution >= 4 is 42.9 Å². The Labute approximate surface area is 252 Å². The number of sulfone groups is 1. The molecule has 220 valence electrons. The molecule has 0 unspecified atom stereocenters. The highest BCUT2D eigenvalue weighted by atomic mass is 32.2. The van der Waals surface area contributed by atoms with Gasteiger partial charge < -0.3 is 10.1 Å². The van der Waals surface area contributed by atoms with E-state index in [4.69, 9.17) is 4.74 Å². The van der Waals surface area contributed by atoms with Crippen molar-refractivity contribution < 1.29 is 17.9 Å². The van der Waals surface area contributed by atoms with Crippen molar-refractivity contribution in [2.45, 2.75) is 19.3 Å². The number of carbonyl (C=O) groups is 1. The first-order chi connectivity index (χ1) is 20.4. The van der Waals surface area contributed by atoms with Crippen LogP contribution in [-0.2, 0) is 21.1 Å². The lowest BCUT2D eigenvalue weighted by Crippen LogP contribution is -2.43. The van der Waals surface area contributed by atoms with Crippen molar-refractivity contribution in [3.63, 3.8) is 0 Å². The predicted octanol–water partition coefficient (Wildman–Crippen LogP) is 5.30. The molecule has 2 fully saturated rings. The van der Waals surface area contributed by atoms with Crippen LogP contribution in [-0.4, -0.2) is 81.5 Å². The van der Waals surface area contributed by atoms with E-state index in [0.717, 1.165) is 36.6 Å². The molecule has 0 bridgehead atoms. The molecule has 3 aromatic carbocycles. The summed E-state index contributed by atoms with van der Waals surface area (Å²) in [7, 11) is -2.96. The van der Waals surface area contributed by atoms with Crippen molar-refractivity contribution in [2.24, 2.45) is 0 Å². The first-order valence-electron chi connectivity index (χ1n) is 14.7. The smallest absolute Gasteiger partial charge is 0.238 e. The fraction of sp³-hybridized carbons (Fsp3) is 0.364. The second-order valence-electron chi connectivity index (χ2n) is 11.2. The van der Waals surface area contributed by atoms with E-state index >= 15 is 0 Å². The molecule has 2 aliphatic rings. The summed E-state index contributed by atoms with van der Waals surface area (Å²) < 4.78 is 30.6. The number of hydrogen-bond acceptors (Lipinski definition) is 7. The van der Waals surface area contributed by atoms with E-state index < -0.39 is 9.84 Å². The Kier molecular flexibility index (Phi) is 8.90. The molecule has 2 aliphatic heterocycles. The third-order valence-electron chi connectivity index (χ3n) is 8.11. The number of nitrogens with one attached hydrogen (secondary N) is 1. The van der Waals surface area contributed by atoms with Crippen LogP contribution in [0.25, 0.3) is 20.5 Å². The standard InChI is InChI=1S/C33H37N3O4S2/c37-32(24-36-18-21-42(38,39)22-19-36)34-27-11-9-26(10-12-27)33-30(29-5-1-2-6-31(29)41-33)23-25-7-13-28(14-8-25)40-20-17-35-15-3-4-16-35/h1-2,5-14H,3-4,15-24H2,(H,34,37). The number of thiophene rings is 1. The van der Waals surface area contributed by atoms with E-state index in [1.807, 2.05) is 17.0 Å². The maximum atomic E-state index is 12.6. The summed E-state index contributed by atoms with van der Waals surface area (Å²) in [6, 6.07) is 25.0. The molecular weight excluding hydrogens is 567 g/mol. The minimum atomic E-state index is -2.96. The average molecular weight is 604 g/mol.